The Morgan fingerprint density at radius 2 is 0.474 bits per heavy atom. The summed E-state index contributed by atoms with van der Waals surface area (Å²) in [5.41, 5.74) is 41.4. The molecule has 0 atom stereocenters. The molecule has 628 valence electrons. The number of hydrogen-bond acceptors (Lipinski definition) is 0. The molecule has 0 aliphatic heterocycles. The lowest BCUT2D eigenvalue weighted by Gasteiger charge is -2.34. The molecule has 25 aromatic rings. The monoisotopic (exact) mass is 1700 g/mol. The van der Waals surface area contributed by atoms with E-state index in [1.807, 2.05) is 0 Å². The fourth-order valence-electron chi connectivity index (χ4n) is 23.2. The summed E-state index contributed by atoms with van der Waals surface area (Å²) in [6, 6.07) is 167. The highest BCUT2D eigenvalue weighted by Crippen LogP contribution is 2.58. The van der Waals surface area contributed by atoms with E-state index >= 15 is 0 Å². The Morgan fingerprint density at radius 1 is 0.165 bits per heavy atom. The molecule has 0 saturated heterocycles. The van der Waals surface area contributed by atoms with Gasteiger partial charge in [0.05, 0.1) is 55.1 Å². The van der Waals surface area contributed by atoms with Gasteiger partial charge in [-0.2, -0.15) is 0 Å². The first-order valence-corrected chi connectivity index (χ1v) is 46.4. The highest BCUT2D eigenvalue weighted by molar-refractivity contribution is 6.21. The van der Waals surface area contributed by atoms with Gasteiger partial charge in [-0.15, -0.1) is 0 Å². The minimum absolute atomic E-state index is 0.00756. The second-order valence-electron chi connectivity index (χ2n) is 37.0. The third-order valence-corrected chi connectivity index (χ3v) is 29.4. The van der Waals surface area contributed by atoms with Gasteiger partial charge in [-0.05, 0) is 240 Å². The standard InChI is InChI=1S/C45H30N2.2C41H30N2/c1-4-14-31(15-5-1)45(32-16-6-2-7-17-32)40-22-12-10-20-35(40)36-25-24-34(30-41(36)45)47-43-23-13-11-21-37(43)38-26-27-42-39(44(38)47)28-29-46(42)33-18-8-3-9-19-33;1-41(2)36-17-8-6-15-31(36)32-20-19-28(26-37(32)41)27-11-10-14-30(25-27)43-39-18-9-7-16-33(39)34-21-22-38-35(40(34)43)23-24-42(38)29-12-4-3-5-13-29;1-41(2)36-14-8-6-12-31(36)32-21-18-28(26-37(32)41)27-16-19-30(20-17-27)43-39-15-9-7-13-33(39)34-22-23-38-35(40(34)43)24-25-42(38)29-10-4-3-5-11-29/h1-30H;2*3-26H,1-2H3. The van der Waals surface area contributed by atoms with Gasteiger partial charge in [-0.25, -0.2) is 0 Å². The molecular weight excluding hydrogens is 1610 g/mol. The molecule has 6 nitrogen and oxygen atoms in total. The SMILES string of the molecule is CC1(C)c2ccccc2-c2ccc(-c3ccc(-n4c5ccccc5c5ccc6c(ccn6-c6ccccc6)c54)cc3)cc21.CC1(C)c2ccccc2-c2ccc(-c3cccc(-n4c5ccccc5c5ccc6c(ccn6-c6ccccc6)c54)c3)cc21.c1ccc(-n2ccc3c2ccc2c4ccccc4n(-c4ccc5c(c4)C(c4ccccc4)(c4ccccc4)c4ccccc4-5)c23)cc1. The number of hydrogen-bond donors (Lipinski definition) is 0. The molecule has 3 aliphatic carbocycles. The minimum Gasteiger partial charge on any atom is -0.316 e. The van der Waals surface area contributed by atoms with Crippen molar-refractivity contribution >= 4 is 98.1 Å². The van der Waals surface area contributed by atoms with E-state index in [1.165, 1.54) is 227 Å². The Labute approximate surface area is 771 Å². The molecule has 0 bridgehead atoms. The Kier molecular flexibility index (Phi) is 17.5. The van der Waals surface area contributed by atoms with Gasteiger partial charge in [0.25, 0.3) is 0 Å². The van der Waals surface area contributed by atoms with Crippen LogP contribution in [0.1, 0.15) is 72.2 Å². The van der Waals surface area contributed by atoms with Crippen molar-refractivity contribution in [3.05, 3.63) is 518 Å². The average Bonchev–Trinajstić information content (AvgIpc) is 1.53. The van der Waals surface area contributed by atoms with Gasteiger partial charge >= 0.3 is 0 Å². The van der Waals surface area contributed by atoms with Crippen molar-refractivity contribution in [3.8, 4) is 89.8 Å². The molecular formula is C127H90N6. The lowest BCUT2D eigenvalue weighted by atomic mass is 9.67. The van der Waals surface area contributed by atoms with Crippen LogP contribution < -0.4 is 0 Å². The van der Waals surface area contributed by atoms with Crippen LogP contribution in [0, 0.1) is 0 Å². The first kappa shape index (κ1) is 77.3. The molecule has 0 fully saturated rings. The highest BCUT2D eigenvalue weighted by atomic mass is 15.0. The van der Waals surface area contributed by atoms with Gasteiger partial charge in [0.2, 0.25) is 0 Å². The van der Waals surface area contributed by atoms with Crippen LogP contribution in [0.15, 0.2) is 474 Å². The number of nitrogens with zero attached hydrogens (tertiary/aromatic N) is 6. The van der Waals surface area contributed by atoms with Crippen molar-refractivity contribution in [2.24, 2.45) is 0 Å². The number of fused-ring (bicyclic) bond motifs is 24. The first-order chi connectivity index (χ1) is 65.5. The zero-order chi connectivity index (χ0) is 88.4. The molecule has 28 rings (SSSR count). The summed E-state index contributed by atoms with van der Waals surface area (Å²) in [5, 5.41) is 11.4. The van der Waals surface area contributed by atoms with E-state index in [9.17, 15) is 0 Å². The maximum atomic E-state index is 2.49. The van der Waals surface area contributed by atoms with Crippen LogP contribution in [0.4, 0.5) is 0 Å². The van der Waals surface area contributed by atoms with Crippen LogP contribution >= 0.6 is 0 Å². The maximum absolute atomic E-state index is 2.49. The lowest BCUT2D eigenvalue weighted by molar-refractivity contribution is 0.660. The second-order valence-corrected chi connectivity index (χ2v) is 37.0. The summed E-state index contributed by atoms with van der Waals surface area (Å²) in [6.07, 6.45) is 6.59. The molecule has 3 aliphatic rings. The molecule has 133 heavy (non-hydrogen) atoms. The Bertz CT molecular complexity index is 8940. The van der Waals surface area contributed by atoms with Gasteiger partial charge in [0, 0.05) is 112 Å². The van der Waals surface area contributed by atoms with E-state index in [-0.39, 0.29) is 10.8 Å². The van der Waals surface area contributed by atoms with E-state index < -0.39 is 5.41 Å². The smallest absolute Gasteiger partial charge is 0.0714 e. The molecule has 6 aromatic heterocycles. The van der Waals surface area contributed by atoms with Gasteiger partial charge in [-0.3, -0.25) is 0 Å². The number of para-hydroxylation sites is 6. The van der Waals surface area contributed by atoms with Crippen molar-refractivity contribution in [1.29, 1.82) is 0 Å². The van der Waals surface area contributed by atoms with E-state index in [0.717, 1.165) is 5.69 Å². The molecule has 0 unspecified atom stereocenters. The van der Waals surface area contributed by atoms with Crippen molar-refractivity contribution < 1.29 is 0 Å². The zero-order valence-electron chi connectivity index (χ0n) is 74.2. The highest BCUT2D eigenvalue weighted by Gasteiger charge is 2.47. The molecule has 0 spiro atoms. The third-order valence-electron chi connectivity index (χ3n) is 29.4. The first-order valence-electron chi connectivity index (χ1n) is 46.4. The summed E-state index contributed by atoms with van der Waals surface area (Å²) in [7, 11) is 0. The molecule has 6 heterocycles. The maximum Gasteiger partial charge on any atom is 0.0714 e. The normalized spacial score (nSPS) is 13.4. The predicted octanol–water partition coefficient (Wildman–Crippen LogP) is 32.5. The summed E-state index contributed by atoms with van der Waals surface area (Å²) >= 11 is 0. The Balaban J connectivity index is 0.000000104. The Morgan fingerprint density at radius 3 is 0.910 bits per heavy atom. The molecule has 19 aromatic carbocycles. The van der Waals surface area contributed by atoms with Crippen LogP contribution in [0.5, 0.6) is 0 Å². The van der Waals surface area contributed by atoms with Crippen LogP contribution in [0.25, 0.3) is 188 Å². The summed E-state index contributed by atoms with van der Waals surface area (Å²) in [4.78, 5) is 0. The van der Waals surface area contributed by atoms with Crippen molar-refractivity contribution in [2.75, 3.05) is 0 Å². The van der Waals surface area contributed by atoms with Gasteiger partial charge in [0.1, 0.15) is 0 Å². The van der Waals surface area contributed by atoms with Crippen LogP contribution in [-0.4, -0.2) is 27.4 Å². The van der Waals surface area contributed by atoms with E-state index in [2.05, 4.69) is 529 Å². The Hall–Kier alpha value is -16.8. The van der Waals surface area contributed by atoms with Gasteiger partial charge in [-0.1, -0.05) is 343 Å². The van der Waals surface area contributed by atoms with Crippen LogP contribution in [0.2, 0.25) is 0 Å². The minimum atomic E-state index is -0.449. The molecule has 0 radical (unpaired) electrons. The topological polar surface area (TPSA) is 29.6 Å². The van der Waals surface area contributed by atoms with Crippen molar-refractivity contribution in [1.82, 2.24) is 27.4 Å². The largest absolute Gasteiger partial charge is 0.316 e. The molecule has 6 heteroatoms. The summed E-state index contributed by atoms with van der Waals surface area (Å²) < 4.78 is 14.3. The van der Waals surface area contributed by atoms with Gasteiger partial charge < -0.3 is 27.4 Å². The fraction of sp³-hybridized carbons (Fsp3) is 0.0551. The number of aromatic nitrogens is 6. The number of benzene rings is 19. The van der Waals surface area contributed by atoms with E-state index in [4.69, 9.17) is 0 Å². The van der Waals surface area contributed by atoms with E-state index in [0.29, 0.717) is 0 Å². The van der Waals surface area contributed by atoms with E-state index in [1.54, 1.807) is 0 Å². The summed E-state index contributed by atoms with van der Waals surface area (Å²) in [6.45, 7) is 9.39. The second kappa shape index (κ2) is 30.2. The molecule has 0 N–H and O–H groups in total. The third kappa shape index (κ3) is 11.8. The number of rotatable bonds is 10. The van der Waals surface area contributed by atoms with Crippen molar-refractivity contribution in [3.63, 3.8) is 0 Å². The predicted molar refractivity (Wildman–Crippen MR) is 556 cm³/mol. The fourth-order valence-corrected chi connectivity index (χ4v) is 23.2. The molecule has 0 amide bonds. The van der Waals surface area contributed by atoms with Crippen LogP contribution in [-0.2, 0) is 16.2 Å². The quantitative estimate of drug-likeness (QED) is 0.131. The zero-order valence-corrected chi connectivity index (χ0v) is 74.2. The summed E-state index contributed by atoms with van der Waals surface area (Å²) in [5.74, 6) is 0. The lowest BCUT2D eigenvalue weighted by Crippen LogP contribution is -2.28. The van der Waals surface area contributed by atoms with Crippen LogP contribution in [0.3, 0.4) is 0 Å². The average molecular weight is 1700 g/mol. The molecule has 0 saturated carbocycles. The van der Waals surface area contributed by atoms with Crippen molar-refractivity contribution in [2.45, 2.75) is 43.9 Å². The van der Waals surface area contributed by atoms with Gasteiger partial charge in [0.15, 0.2) is 0 Å².